The Kier molecular flexibility index (Phi) is 5.20. The van der Waals surface area contributed by atoms with Gasteiger partial charge in [-0.3, -0.25) is 0 Å². The number of hydrogen-bond acceptors (Lipinski definition) is 1. The van der Waals surface area contributed by atoms with Crippen LogP contribution in [0.3, 0.4) is 0 Å². The van der Waals surface area contributed by atoms with Crippen molar-refractivity contribution in [1.82, 2.24) is 10.2 Å². The fourth-order valence-corrected chi connectivity index (χ4v) is 1.43. The number of benzene rings is 1. The highest BCUT2D eigenvalue weighted by atomic mass is 19.4. The zero-order chi connectivity index (χ0) is 14.5. The van der Waals surface area contributed by atoms with Crippen LogP contribution in [0.25, 0.3) is 0 Å². The fourth-order valence-electron chi connectivity index (χ4n) is 1.43. The summed E-state index contributed by atoms with van der Waals surface area (Å²) in [7, 11) is 0. The zero-order valence-electron chi connectivity index (χ0n) is 10.9. The second-order valence-electron chi connectivity index (χ2n) is 4.62. The summed E-state index contributed by atoms with van der Waals surface area (Å²) in [5, 5.41) is 2.28. The molecule has 0 aliphatic carbocycles. The van der Waals surface area contributed by atoms with Crippen LogP contribution in [0.1, 0.15) is 19.4 Å². The third-order valence-corrected chi connectivity index (χ3v) is 2.40. The van der Waals surface area contributed by atoms with Crippen molar-refractivity contribution >= 4 is 6.03 Å². The number of alkyl halides is 3. The molecule has 1 aromatic carbocycles. The molecule has 0 atom stereocenters. The lowest BCUT2D eigenvalue weighted by atomic mass is 10.2. The average Bonchev–Trinajstić information content (AvgIpc) is 2.33. The summed E-state index contributed by atoms with van der Waals surface area (Å²) < 4.78 is 38.5. The van der Waals surface area contributed by atoms with E-state index in [4.69, 9.17) is 0 Å². The molecular weight excluding hydrogens is 257 g/mol. The Balaban J connectivity index is 2.76. The van der Waals surface area contributed by atoms with Crippen molar-refractivity contribution in [3.63, 3.8) is 0 Å². The molecule has 2 amide bonds. The van der Waals surface area contributed by atoms with Crippen molar-refractivity contribution in [2.75, 3.05) is 6.54 Å². The molecule has 0 saturated heterocycles. The number of nitrogens with zero attached hydrogens (tertiary/aromatic N) is 1. The number of carbonyl (C=O) groups is 1. The van der Waals surface area contributed by atoms with Crippen LogP contribution in [0.4, 0.5) is 18.0 Å². The smallest absolute Gasteiger partial charge is 0.338 e. The predicted octanol–water partition coefficient (Wildman–Crippen LogP) is 3.37. The first-order valence-corrected chi connectivity index (χ1v) is 5.97. The van der Waals surface area contributed by atoms with Gasteiger partial charge in [0, 0.05) is 6.54 Å². The number of hydrogen-bond donors (Lipinski definition) is 1. The van der Waals surface area contributed by atoms with E-state index in [2.05, 4.69) is 5.32 Å². The summed E-state index contributed by atoms with van der Waals surface area (Å²) in [6, 6.07) is 6.96. The van der Waals surface area contributed by atoms with Crippen molar-refractivity contribution in [2.45, 2.75) is 26.7 Å². The second-order valence-corrected chi connectivity index (χ2v) is 4.62. The summed E-state index contributed by atoms with van der Waals surface area (Å²) in [5.74, 6) is 0.0933. The van der Waals surface area contributed by atoms with Gasteiger partial charge >= 0.3 is 12.3 Å². The van der Waals surface area contributed by atoms with E-state index in [1.807, 2.05) is 13.8 Å². The fraction of sp³-hybridized carbons (Fsp3) is 0.462. The van der Waals surface area contributed by atoms with Crippen molar-refractivity contribution < 1.29 is 18.0 Å². The van der Waals surface area contributed by atoms with Gasteiger partial charge in [0.15, 0.2) is 0 Å². The van der Waals surface area contributed by atoms with Crippen LogP contribution >= 0.6 is 0 Å². The molecule has 0 saturated carbocycles. The summed E-state index contributed by atoms with van der Waals surface area (Å²) in [4.78, 5) is 11.5. The van der Waals surface area contributed by atoms with E-state index in [9.17, 15) is 18.0 Å². The predicted molar refractivity (Wildman–Crippen MR) is 66.3 cm³/mol. The zero-order valence-corrected chi connectivity index (χ0v) is 10.9. The highest BCUT2D eigenvalue weighted by molar-refractivity contribution is 5.74. The van der Waals surface area contributed by atoms with Crippen molar-refractivity contribution in [1.29, 1.82) is 0 Å². The third-order valence-electron chi connectivity index (χ3n) is 2.40. The molecule has 1 rings (SSSR count). The Morgan fingerprint density at radius 3 is 2.32 bits per heavy atom. The molecule has 3 nitrogen and oxygen atoms in total. The van der Waals surface area contributed by atoms with E-state index in [0.717, 1.165) is 0 Å². The lowest BCUT2D eigenvalue weighted by Crippen LogP contribution is -2.48. The summed E-state index contributed by atoms with van der Waals surface area (Å²) in [6.07, 6.45) is -4.70. The maximum absolute atomic E-state index is 12.8. The molecule has 0 aliphatic heterocycles. The lowest BCUT2D eigenvalue weighted by molar-refractivity contribution is -0.227. The number of nitrogens with one attached hydrogen (secondary N) is 1. The largest absolute Gasteiger partial charge is 0.488 e. The Morgan fingerprint density at radius 2 is 1.84 bits per heavy atom. The van der Waals surface area contributed by atoms with Gasteiger partial charge in [0.1, 0.15) is 0 Å². The van der Waals surface area contributed by atoms with Gasteiger partial charge in [0.25, 0.3) is 0 Å². The number of rotatable bonds is 4. The highest BCUT2D eigenvalue weighted by Crippen LogP contribution is 2.23. The summed E-state index contributed by atoms with van der Waals surface area (Å²) in [5.41, 5.74) is 0.430. The maximum atomic E-state index is 12.8. The quantitative estimate of drug-likeness (QED) is 0.839. The molecule has 0 heterocycles. The van der Waals surface area contributed by atoms with Crippen LogP contribution in [-0.4, -0.2) is 23.8 Å². The molecule has 1 N–H and O–H groups in total. The Labute approximate surface area is 110 Å². The summed E-state index contributed by atoms with van der Waals surface area (Å²) in [6.45, 7) is 3.35. The van der Waals surface area contributed by atoms with E-state index in [-0.39, 0.29) is 17.4 Å². The minimum atomic E-state index is -4.70. The Morgan fingerprint density at radius 1 is 1.26 bits per heavy atom. The van der Waals surface area contributed by atoms with E-state index in [1.165, 1.54) is 0 Å². The first-order chi connectivity index (χ1) is 8.80. The molecule has 0 aromatic heterocycles. The van der Waals surface area contributed by atoms with Crippen LogP contribution in [0.15, 0.2) is 30.3 Å². The molecule has 0 fully saturated rings. The Bertz CT molecular complexity index is 404. The number of carbonyl (C=O) groups excluding carboxylic acids is 1. The second kappa shape index (κ2) is 6.45. The van der Waals surface area contributed by atoms with Crippen LogP contribution in [0.2, 0.25) is 0 Å². The first-order valence-electron chi connectivity index (χ1n) is 5.97. The van der Waals surface area contributed by atoms with Crippen LogP contribution < -0.4 is 5.32 Å². The highest BCUT2D eigenvalue weighted by Gasteiger charge is 2.40. The van der Waals surface area contributed by atoms with Gasteiger partial charge in [0.05, 0.1) is 6.54 Å². The minimum Gasteiger partial charge on any atom is -0.338 e. The number of amides is 2. The first kappa shape index (κ1) is 15.3. The van der Waals surface area contributed by atoms with Gasteiger partial charge in [-0.15, -0.1) is 13.2 Å². The third kappa shape index (κ3) is 5.19. The van der Waals surface area contributed by atoms with Crippen LogP contribution in [-0.2, 0) is 6.54 Å². The van der Waals surface area contributed by atoms with Gasteiger partial charge in [0.2, 0.25) is 0 Å². The molecule has 19 heavy (non-hydrogen) atoms. The maximum Gasteiger partial charge on any atom is 0.488 e. The summed E-state index contributed by atoms with van der Waals surface area (Å²) >= 11 is 0. The number of halogens is 3. The molecule has 0 aliphatic rings. The van der Waals surface area contributed by atoms with Crippen LogP contribution in [0, 0.1) is 5.92 Å². The van der Waals surface area contributed by atoms with Gasteiger partial charge in [-0.05, 0) is 11.5 Å². The van der Waals surface area contributed by atoms with Gasteiger partial charge in [-0.1, -0.05) is 44.2 Å². The molecule has 0 unspecified atom stereocenters. The molecule has 106 valence electrons. The van der Waals surface area contributed by atoms with Gasteiger partial charge < -0.3 is 5.32 Å². The standard InChI is InChI=1S/C13H17F3N2O/c1-10(2)8-17-12(19)18(13(14,15)16)9-11-6-4-3-5-7-11/h3-7,10H,8-9H2,1-2H3,(H,17,19). The van der Waals surface area contributed by atoms with Crippen LogP contribution in [0.5, 0.6) is 0 Å². The Hall–Kier alpha value is -1.72. The molecule has 0 spiro atoms. The van der Waals surface area contributed by atoms with Crippen molar-refractivity contribution in [2.24, 2.45) is 5.92 Å². The molecular formula is C13H17F3N2O. The average molecular weight is 274 g/mol. The topological polar surface area (TPSA) is 32.3 Å². The molecule has 6 heteroatoms. The normalized spacial score (nSPS) is 11.5. The van der Waals surface area contributed by atoms with E-state index in [0.29, 0.717) is 5.56 Å². The minimum absolute atomic E-state index is 0.0933. The molecule has 0 radical (unpaired) electrons. The van der Waals surface area contributed by atoms with Gasteiger partial charge in [-0.2, -0.15) is 0 Å². The van der Waals surface area contributed by atoms with Gasteiger partial charge in [-0.25, -0.2) is 9.69 Å². The molecule has 0 bridgehead atoms. The van der Waals surface area contributed by atoms with Crippen molar-refractivity contribution in [3.8, 4) is 0 Å². The molecule has 1 aromatic rings. The van der Waals surface area contributed by atoms with E-state index in [1.54, 1.807) is 30.3 Å². The number of urea groups is 1. The van der Waals surface area contributed by atoms with E-state index >= 15 is 0 Å². The van der Waals surface area contributed by atoms with Crippen molar-refractivity contribution in [3.05, 3.63) is 35.9 Å². The monoisotopic (exact) mass is 274 g/mol. The van der Waals surface area contributed by atoms with E-state index < -0.39 is 18.9 Å². The lowest BCUT2D eigenvalue weighted by Gasteiger charge is -2.25. The SMILES string of the molecule is CC(C)CNC(=O)N(Cc1ccccc1)C(F)(F)F.